The van der Waals surface area contributed by atoms with Gasteiger partial charge in [0.25, 0.3) is 5.69 Å². The number of aryl methyl sites for hydroxylation is 2. The molecule has 2 aliphatic heterocycles. The van der Waals surface area contributed by atoms with Crippen LogP contribution in [-0.2, 0) is 6.42 Å². The summed E-state index contributed by atoms with van der Waals surface area (Å²) in [4.78, 5) is 15.6. The Bertz CT molecular complexity index is 1200. The van der Waals surface area contributed by atoms with Gasteiger partial charge in [0.15, 0.2) is 11.5 Å². The standard InChI is InChI=1S/C22H20N4O4S/c1-12-6-16(7-13(2)21(12)26(27)28)20-17-10-19-18(29-11-30-19)9-15(17)8-14(3)25(24-20)22-23-4-5-31-22/h4-7,9-10,14H,8,11H2,1-3H3. The third-order valence-corrected chi connectivity index (χ3v) is 6.32. The van der Waals surface area contributed by atoms with E-state index in [2.05, 4.69) is 11.9 Å². The van der Waals surface area contributed by atoms with Crippen molar-refractivity contribution in [1.29, 1.82) is 0 Å². The number of hydrogen-bond acceptors (Lipinski definition) is 8. The first-order valence-electron chi connectivity index (χ1n) is 9.88. The Morgan fingerprint density at radius 2 is 1.87 bits per heavy atom. The molecule has 3 heterocycles. The van der Waals surface area contributed by atoms with Crippen LogP contribution in [0.5, 0.6) is 11.5 Å². The van der Waals surface area contributed by atoms with Crippen molar-refractivity contribution in [2.24, 2.45) is 5.10 Å². The van der Waals surface area contributed by atoms with E-state index >= 15 is 0 Å². The van der Waals surface area contributed by atoms with E-state index in [4.69, 9.17) is 14.6 Å². The predicted molar refractivity (Wildman–Crippen MR) is 119 cm³/mol. The molecule has 3 aromatic rings. The summed E-state index contributed by atoms with van der Waals surface area (Å²) in [6, 6.07) is 7.69. The van der Waals surface area contributed by atoms with Gasteiger partial charge in [-0.15, -0.1) is 11.3 Å². The molecule has 1 unspecified atom stereocenters. The van der Waals surface area contributed by atoms with Crippen LogP contribution in [0.15, 0.2) is 40.9 Å². The highest BCUT2D eigenvalue weighted by Gasteiger charge is 2.29. The maximum atomic E-state index is 11.5. The fourth-order valence-corrected chi connectivity index (χ4v) is 4.89. The van der Waals surface area contributed by atoms with Crippen molar-refractivity contribution in [3.8, 4) is 11.5 Å². The molecule has 0 fully saturated rings. The van der Waals surface area contributed by atoms with Gasteiger partial charge in [0.05, 0.1) is 16.7 Å². The highest BCUT2D eigenvalue weighted by Crippen LogP contribution is 2.39. The van der Waals surface area contributed by atoms with Gasteiger partial charge in [0, 0.05) is 33.8 Å². The highest BCUT2D eigenvalue weighted by atomic mass is 32.1. The number of nitro groups is 1. The average molecular weight is 436 g/mol. The summed E-state index contributed by atoms with van der Waals surface area (Å²) in [6.07, 6.45) is 2.50. The Morgan fingerprint density at radius 1 is 1.16 bits per heavy atom. The van der Waals surface area contributed by atoms with Crippen molar-refractivity contribution in [1.82, 2.24) is 4.98 Å². The van der Waals surface area contributed by atoms with E-state index < -0.39 is 0 Å². The van der Waals surface area contributed by atoms with Crippen molar-refractivity contribution in [2.75, 3.05) is 11.8 Å². The molecule has 0 aliphatic carbocycles. The molecule has 2 aromatic carbocycles. The second-order valence-corrected chi connectivity index (χ2v) is 8.61. The number of hydrazone groups is 1. The fourth-order valence-electron chi connectivity index (χ4n) is 4.19. The van der Waals surface area contributed by atoms with Crippen molar-refractivity contribution < 1.29 is 14.4 Å². The first kappa shape index (κ1) is 19.5. The number of nitrogens with zero attached hydrogens (tertiary/aromatic N) is 4. The first-order chi connectivity index (χ1) is 14.9. The van der Waals surface area contributed by atoms with Crippen LogP contribution in [0.25, 0.3) is 0 Å². The Balaban J connectivity index is 1.74. The number of aromatic nitrogens is 1. The largest absolute Gasteiger partial charge is 0.454 e. The van der Waals surface area contributed by atoms with Crippen molar-refractivity contribution in [3.05, 3.63) is 73.8 Å². The number of ether oxygens (including phenoxy) is 2. The smallest absolute Gasteiger partial charge is 0.275 e. The lowest BCUT2D eigenvalue weighted by Crippen LogP contribution is -2.29. The molecule has 158 valence electrons. The SMILES string of the molecule is Cc1cc(C2=NN(c3nccs3)C(C)Cc3cc4c(cc32)OCO4)cc(C)c1[N+](=O)[O-]. The molecule has 0 spiro atoms. The molecular weight excluding hydrogens is 416 g/mol. The normalized spacial score (nSPS) is 17.2. The second kappa shape index (κ2) is 7.35. The first-order valence-corrected chi connectivity index (χ1v) is 10.8. The van der Waals surface area contributed by atoms with Crippen molar-refractivity contribution in [2.45, 2.75) is 33.2 Å². The molecule has 8 nitrogen and oxygen atoms in total. The van der Waals surface area contributed by atoms with E-state index in [1.54, 1.807) is 20.0 Å². The zero-order chi connectivity index (χ0) is 21.7. The van der Waals surface area contributed by atoms with Gasteiger partial charge in [-0.25, -0.2) is 9.99 Å². The minimum atomic E-state index is -0.334. The summed E-state index contributed by atoms with van der Waals surface area (Å²) in [5.41, 5.74) is 4.90. The molecule has 31 heavy (non-hydrogen) atoms. The van der Waals surface area contributed by atoms with Crippen molar-refractivity contribution in [3.63, 3.8) is 0 Å². The van der Waals surface area contributed by atoms with Gasteiger partial charge in [-0.3, -0.25) is 10.1 Å². The second-order valence-electron chi connectivity index (χ2n) is 7.74. The minimum absolute atomic E-state index is 0.0583. The van der Waals surface area contributed by atoms with Gasteiger partial charge < -0.3 is 9.47 Å². The lowest BCUT2D eigenvalue weighted by Gasteiger charge is -2.22. The molecule has 0 N–H and O–H groups in total. The average Bonchev–Trinajstić information content (AvgIpc) is 3.36. The Labute approximate surface area is 182 Å². The predicted octanol–water partition coefficient (Wildman–Crippen LogP) is 4.60. The highest BCUT2D eigenvalue weighted by molar-refractivity contribution is 7.13. The molecule has 1 atom stereocenters. The monoisotopic (exact) mass is 436 g/mol. The number of rotatable bonds is 3. The van der Waals surface area contributed by atoms with E-state index in [9.17, 15) is 10.1 Å². The molecule has 0 radical (unpaired) electrons. The summed E-state index contributed by atoms with van der Waals surface area (Å²) >= 11 is 1.52. The number of fused-ring (bicyclic) bond motifs is 2. The molecule has 0 amide bonds. The van der Waals surface area contributed by atoms with E-state index in [1.165, 1.54) is 11.3 Å². The molecule has 1 aromatic heterocycles. The topological polar surface area (TPSA) is 90.1 Å². The summed E-state index contributed by atoms with van der Waals surface area (Å²) in [6.45, 7) is 5.82. The number of nitro benzene ring substituents is 1. The number of thiazole rings is 1. The Kier molecular flexibility index (Phi) is 4.62. The summed E-state index contributed by atoms with van der Waals surface area (Å²) in [5.74, 6) is 1.40. The van der Waals surface area contributed by atoms with Crippen LogP contribution in [0.3, 0.4) is 0 Å². The van der Waals surface area contributed by atoms with E-state index in [0.29, 0.717) is 16.9 Å². The zero-order valence-corrected chi connectivity index (χ0v) is 18.1. The van der Waals surface area contributed by atoms with Crippen LogP contribution in [0.2, 0.25) is 0 Å². The lowest BCUT2D eigenvalue weighted by atomic mass is 9.92. The quantitative estimate of drug-likeness (QED) is 0.440. The lowest BCUT2D eigenvalue weighted by molar-refractivity contribution is -0.386. The van der Waals surface area contributed by atoms with Gasteiger partial charge >= 0.3 is 0 Å². The number of hydrogen-bond donors (Lipinski definition) is 0. The van der Waals surface area contributed by atoms with Gasteiger partial charge in [0.1, 0.15) is 0 Å². The van der Waals surface area contributed by atoms with Gasteiger partial charge in [0.2, 0.25) is 11.9 Å². The van der Waals surface area contributed by atoms with Gasteiger partial charge in [-0.2, -0.15) is 5.10 Å². The van der Waals surface area contributed by atoms with Gasteiger partial charge in [-0.05, 0) is 57.0 Å². The molecule has 0 bridgehead atoms. The maximum Gasteiger partial charge on any atom is 0.275 e. The van der Waals surface area contributed by atoms with Crippen LogP contribution in [0.4, 0.5) is 10.8 Å². The fraction of sp³-hybridized carbons (Fsp3) is 0.273. The molecule has 9 heteroatoms. The minimum Gasteiger partial charge on any atom is -0.454 e. The van der Waals surface area contributed by atoms with Crippen LogP contribution in [0, 0.1) is 24.0 Å². The maximum absolute atomic E-state index is 11.5. The number of anilines is 1. The summed E-state index contributed by atoms with van der Waals surface area (Å²) in [5, 5.41) is 21.2. The summed E-state index contributed by atoms with van der Waals surface area (Å²) < 4.78 is 11.2. The molecule has 0 saturated heterocycles. The van der Waals surface area contributed by atoms with E-state index in [-0.39, 0.29) is 23.4 Å². The third-order valence-electron chi connectivity index (χ3n) is 5.56. The molecule has 2 aliphatic rings. The Morgan fingerprint density at radius 3 is 2.52 bits per heavy atom. The van der Waals surface area contributed by atoms with Crippen LogP contribution in [-0.4, -0.2) is 28.5 Å². The van der Waals surface area contributed by atoms with Gasteiger partial charge in [-0.1, -0.05) is 0 Å². The van der Waals surface area contributed by atoms with Crippen LogP contribution < -0.4 is 14.5 Å². The van der Waals surface area contributed by atoms with Crippen LogP contribution >= 0.6 is 11.3 Å². The van der Waals surface area contributed by atoms with E-state index in [1.807, 2.05) is 34.7 Å². The molecule has 0 saturated carbocycles. The summed E-state index contributed by atoms with van der Waals surface area (Å²) in [7, 11) is 0. The molecular formula is C22H20N4O4S. The molecule has 5 rings (SSSR count). The Hall–Kier alpha value is -3.46. The third kappa shape index (κ3) is 3.31. The number of benzene rings is 2. The van der Waals surface area contributed by atoms with Crippen molar-refractivity contribution >= 4 is 27.9 Å². The zero-order valence-electron chi connectivity index (χ0n) is 17.3. The van der Waals surface area contributed by atoms with Crippen LogP contribution in [0.1, 0.15) is 34.7 Å². The van der Waals surface area contributed by atoms with E-state index in [0.717, 1.165) is 39.7 Å².